The van der Waals surface area contributed by atoms with Crippen LogP contribution in [0, 0.1) is 6.92 Å². The van der Waals surface area contributed by atoms with E-state index in [0.717, 1.165) is 22.6 Å². The highest BCUT2D eigenvalue weighted by atomic mass is 32.1. The second kappa shape index (κ2) is 6.99. The molecule has 3 aromatic rings. The number of hydrogen-bond donors (Lipinski definition) is 2. The molecule has 1 aliphatic carbocycles. The fourth-order valence-corrected chi connectivity index (χ4v) is 3.43. The molecule has 1 fully saturated rings. The molecule has 1 aliphatic rings. The third-order valence-corrected chi connectivity index (χ3v) is 5.30. The van der Waals surface area contributed by atoms with Gasteiger partial charge in [0.2, 0.25) is 17.6 Å². The Morgan fingerprint density at radius 2 is 2.19 bits per heavy atom. The Hall–Kier alpha value is -2.94. The highest BCUT2D eigenvalue weighted by Gasteiger charge is 2.30. The molecule has 9 heteroatoms. The van der Waals surface area contributed by atoms with Crippen molar-refractivity contribution in [3.05, 3.63) is 41.0 Å². The van der Waals surface area contributed by atoms with Crippen LogP contribution in [0.15, 0.2) is 33.4 Å². The second-order valence-electron chi connectivity index (χ2n) is 6.47. The van der Waals surface area contributed by atoms with Gasteiger partial charge in [-0.1, -0.05) is 5.16 Å². The maximum Gasteiger partial charge on any atom is 0.287 e. The van der Waals surface area contributed by atoms with Gasteiger partial charge in [-0.2, -0.15) is 4.98 Å². The van der Waals surface area contributed by atoms with Gasteiger partial charge in [0.15, 0.2) is 5.76 Å². The zero-order valence-corrected chi connectivity index (χ0v) is 15.6. The highest BCUT2D eigenvalue weighted by Crippen LogP contribution is 2.40. The van der Waals surface area contributed by atoms with Crippen molar-refractivity contribution in [3.8, 4) is 10.7 Å². The summed E-state index contributed by atoms with van der Waals surface area (Å²) in [5.41, 5.74) is 0.664. The molecular formula is C18H18N4O4S. The fraction of sp³-hybridized carbons (Fsp3) is 0.333. The Bertz CT molecular complexity index is 972. The molecule has 2 N–H and O–H groups in total. The summed E-state index contributed by atoms with van der Waals surface area (Å²) in [4.78, 5) is 30.6. The molecule has 27 heavy (non-hydrogen) atoms. The first-order chi connectivity index (χ1) is 13.0. The van der Waals surface area contributed by atoms with Crippen LogP contribution in [0.3, 0.4) is 0 Å². The highest BCUT2D eigenvalue weighted by molar-refractivity contribution is 7.16. The van der Waals surface area contributed by atoms with E-state index in [-0.39, 0.29) is 11.7 Å². The Morgan fingerprint density at radius 3 is 2.89 bits per heavy atom. The number of furan rings is 1. The molecule has 0 bridgehead atoms. The number of aromatic nitrogens is 2. The summed E-state index contributed by atoms with van der Waals surface area (Å²) in [5.74, 6) is 0.997. The van der Waals surface area contributed by atoms with E-state index >= 15 is 0 Å². The van der Waals surface area contributed by atoms with Gasteiger partial charge in [0, 0.05) is 10.8 Å². The van der Waals surface area contributed by atoms with Gasteiger partial charge in [-0.05, 0) is 44.9 Å². The first-order valence-electron chi connectivity index (χ1n) is 8.61. The van der Waals surface area contributed by atoms with Gasteiger partial charge >= 0.3 is 0 Å². The minimum Gasteiger partial charge on any atom is -0.459 e. The van der Waals surface area contributed by atoms with Crippen LogP contribution >= 0.6 is 11.3 Å². The number of hydrogen-bond acceptors (Lipinski definition) is 7. The van der Waals surface area contributed by atoms with Crippen LogP contribution in [0.25, 0.3) is 10.7 Å². The molecule has 140 valence electrons. The van der Waals surface area contributed by atoms with Crippen molar-refractivity contribution in [1.29, 1.82) is 0 Å². The van der Waals surface area contributed by atoms with E-state index in [2.05, 4.69) is 20.8 Å². The number of aryl methyl sites for hydroxylation is 1. The third-order valence-electron chi connectivity index (χ3n) is 4.25. The van der Waals surface area contributed by atoms with Gasteiger partial charge in [0.05, 0.1) is 16.8 Å². The van der Waals surface area contributed by atoms with E-state index < -0.39 is 11.9 Å². The normalized spacial score (nSPS) is 14.7. The first-order valence-corrected chi connectivity index (χ1v) is 9.42. The fourth-order valence-electron chi connectivity index (χ4n) is 2.53. The number of nitrogens with zero attached hydrogens (tertiary/aromatic N) is 2. The summed E-state index contributed by atoms with van der Waals surface area (Å²) in [7, 11) is 0. The summed E-state index contributed by atoms with van der Waals surface area (Å²) in [6.45, 7) is 3.51. The van der Waals surface area contributed by atoms with Crippen LogP contribution < -0.4 is 10.6 Å². The molecular weight excluding hydrogens is 368 g/mol. The third kappa shape index (κ3) is 3.77. The molecule has 1 saturated carbocycles. The summed E-state index contributed by atoms with van der Waals surface area (Å²) in [6.07, 6.45) is 3.59. The van der Waals surface area contributed by atoms with Gasteiger partial charge in [-0.15, -0.1) is 11.3 Å². The Labute approximate surface area is 159 Å². The molecule has 4 rings (SSSR count). The van der Waals surface area contributed by atoms with Crippen molar-refractivity contribution in [3.63, 3.8) is 0 Å². The van der Waals surface area contributed by atoms with E-state index in [0.29, 0.717) is 23.3 Å². The van der Waals surface area contributed by atoms with Crippen molar-refractivity contribution in [1.82, 2.24) is 15.5 Å². The predicted octanol–water partition coefficient (Wildman–Crippen LogP) is 3.33. The standard InChI is InChI=1S/C18H18N4O4S/c1-9(19-17(24)13-4-3-7-25-13)16(23)20-12-8-14(27-10(12)2)15-21-18(26-22-15)11-5-6-11/h3-4,7-9,11H,5-6H2,1-2H3,(H,19,24)(H,20,23). The molecule has 0 spiro atoms. The maximum absolute atomic E-state index is 12.4. The lowest BCUT2D eigenvalue weighted by molar-refractivity contribution is -0.117. The number of thiophene rings is 1. The lowest BCUT2D eigenvalue weighted by Crippen LogP contribution is -2.41. The monoisotopic (exact) mass is 386 g/mol. The molecule has 1 unspecified atom stereocenters. The molecule has 0 radical (unpaired) electrons. The van der Waals surface area contributed by atoms with Gasteiger partial charge in [0.25, 0.3) is 5.91 Å². The van der Waals surface area contributed by atoms with Gasteiger partial charge < -0.3 is 19.6 Å². The number of rotatable bonds is 6. The molecule has 0 aliphatic heterocycles. The van der Waals surface area contributed by atoms with E-state index in [1.165, 1.54) is 23.7 Å². The van der Waals surface area contributed by atoms with Crippen molar-refractivity contribution in [2.75, 3.05) is 5.32 Å². The number of carbonyl (C=O) groups is 2. The van der Waals surface area contributed by atoms with Gasteiger partial charge in [-0.25, -0.2) is 0 Å². The van der Waals surface area contributed by atoms with E-state index in [4.69, 9.17) is 8.94 Å². The minimum absolute atomic E-state index is 0.159. The number of anilines is 1. The van der Waals surface area contributed by atoms with Crippen molar-refractivity contribution in [2.45, 2.75) is 38.6 Å². The molecule has 0 aromatic carbocycles. The topological polar surface area (TPSA) is 110 Å². The summed E-state index contributed by atoms with van der Waals surface area (Å²) in [5, 5.41) is 9.46. The molecule has 8 nitrogen and oxygen atoms in total. The van der Waals surface area contributed by atoms with Gasteiger partial charge in [0.1, 0.15) is 6.04 Å². The lowest BCUT2D eigenvalue weighted by Gasteiger charge is -2.13. The molecule has 3 aromatic heterocycles. The van der Waals surface area contributed by atoms with Crippen LogP contribution in [0.2, 0.25) is 0 Å². The number of carbonyl (C=O) groups excluding carboxylic acids is 2. The second-order valence-corrected chi connectivity index (χ2v) is 7.73. The van der Waals surface area contributed by atoms with Crippen LogP contribution in [0.5, 0.6) is 0 Å². The zero-order valence-electron chi connectivity index (χ0n) is 14.8. The first kappa shape index (κ1) is 17.5. The SMILES string of the molecule is Cc1sc(-c2noc(C3CC3)n2)cc1NC(=O)C(C)NC(=O)c1ccco1. The quantitative estimate of drug-likeness (QED) is 0.672. The van der Waals surface area contributed by atoms with Crippen LogP contribution in [0.1, 0.15) is 47.0 Å². The molecule has 3 heterocycles. The Balaban J connectivity index is 1.41. The summed E-state index contributed by atoms with van der Waals surface area (Å²) in [6, 6.07) is 4.25. The maximum atomic E-state index is 12.4. The summed E-state index contributed by atoms with van der Waals surface area (Å²) < 4.78 is 10.3. The molecule has 2 amide bonds. The number of nitrogens with one attached hydrogen (secondary N) is 2. The lowest BCUT2D eigenvalue weighted by atomic mass is 10.2. The molecule has 0 saturated heterocycles. The van der Waals surface area contributed by atoms with Crippen molar-refractivity contribution in [2.24, 2.45) is 0 Å². The van der Waals surface area contributed by atoms with Crippen LogP contribution in [-0.4, -0.2) is 28.0 Å². The van der Waals surface area contributed by atoms with Crippen LogP contribution in [-0.2, 0) is 4.79 Å². The molecule has 1 atom stereocenters. The average molecular weight is 386 g/mol. The zero-order chi connectivity index (χ0) is 19.0. The smallest absolute Gasteiger partial charge is 0.287 e. The Morgan fingerprint density at radius 1 is 1.37 bits per heavy atom. The average Bonchev–Trinajstić information content (AvgIpc) is 3.05. The van der Waals surface area contributed by atoms with E-state index in [1.807, 2.05) is 13.0 Å². The Kier molecular flexibility index (Phi) is 4.53. The van der Waals surface area contributed by atoms with Crippen LogP contribution in [0.4, 0.5) is 5.69 Å². The number of amides is 2. The van der Waals surface area contributed by atoms with Crippen molar-refractivity contribution >= 4 is 28.8 Å². The minimum atomic E-state index is -0.725. The van der Waals surface area contributed by atoms with E-state index in [9.17, 15) is 9.59 Å². The predicted molar refractivity (Wildman–Crippen MR) is 98.6 cm³/mol. The largest absolute Gasteiger partial charge is 0.459 e. The summed E-state index contributed by atoms with van der Waals surface area (Å²) >= 11 is 1.48. The van der Waals surface area contributed by atoms with Crippen molar-refractivity contribution < 1.29 is 18.5 Å². The van der Waals surface area contributed by atoms with E-state index in [1.54, 1.807) is 13.0 Å². The van der Waals surface area contributed by atoms with Gasteiger partial charge in [-0.3, -0.25) is 9.59 Å².